The van der Waals surface area contributed by atoms with Crippen molar-refractivity contribution in [2.24, 2.45) is 10.4 Å². The number of carbonyl (C=O) groups is 1. The van der Waals surface area contributed by atoms with Crippen LogP contribution >= 0.6 is 0 Å². The predicted molar refractivity (Wildman–Crippen MR) is 93.5 cm³/mol. The van der Waals surface area contributed by atoms with E-state index >= 15 is 0 Å². The molecule has 24 heavy (non-hydrogen) atoms. The largest absolute Gasteiger partial charge is 0.497 e. The Bertz CT molecular complexity index is 705. The topological polar surface area (TPSA) is 83.0 Å². The van der Waals surface area contributed by atoms with E-state index in [4.69, 9.17) is 4.74 Å². The van der Waals surface area contributed by atoms with Crippen LogP contribution in [-0.2, 0) is 4.79 Å². The number of carboxylic acids is 1. The third kappa shape index (κ3) is 3.37. The van der Waals surface area contributed by atoms with Gasteiger partial charge in [-0.05, 0) is 42.5 Å². The summed E-state index contributed by atoms with van der Waals surface area (Å²) in [5.41, 5.74) is 3.85. The molecule has 0 radical (unpaired) electrons. The SMILES string of the molecule is COc1ccc(NC2=C3NCC(C(=O)O)N=C3CC(C)(C)C2)cc1. The summed E-state index contributed by atoms with van der Waals surface area (Å²) in [5.74, 6) is -0.0772. The lowest BCUT2D eigenvalue weighted by Crippen LogP contribution is -2.44. The summed E-state index contributed by atoms with van der Waals surface area (Å²) < 4.78 is 5.19. The fourth-order valence-corrected chi connectivity index (χ4v) is 3.19. The van der Waals surface area contributed by atoms with Crippen molar-refractivity contribution in [1.82, 2.24) is 5.32 Å². The van der Waals surface area contributed by atoms with Crippen LogP contribution in [0.3, 0.4) is 0 Å². The lowest BCUT2D eigenvalue weighted by molar-refractivity contribution is -0.138. The number of allylic oxidation sites excluding steroid dienone is 2. The number of nitrogens with one attached hydrogen (secondary N) is 2. The van der Waals surface area contributed by atoms with Crippen LogP contribution in [0.15, 0.2) is 40.7 Å². The summed E-state index contributed by atoms with van der Waals surface area (Å²) in [4.78, 5) is 15.7. The Balaban J connectivity index is 1.91. The van der Waals surface area contributed by atoms with Crippen LogP contribution in [-0.4, -0.2) is 36.5 Å². The standard InChI is InChI=1S/C18H23N3O3/c1-18(2)8-13(20-11-4-6-12(24-3)7-5-11)16-14(9-18)21-15(10-19-16)17(22)23/h4-7,15,19-20H,8-10H2,1-3H3,(H,22,23). The first kappa shape index (κ1) is 16.4. The number of anilines is 1. The Morgan fingerprint density at radius 2 is 2.04 bits per heavy atom. The summed E-state index contributed by atoms with van der Waals surface area (Å²) in [6, 6.07) is 7.04. The molecule has 0 amide bonds. The maximum Gasteiger partial charge on any atom is 0.330 e. The molecule has 1 aliphatic carbocycles. The molecular weight excluding hydrogens is 306 g/mol. The van der Waals surface area contributed by atoms with Gasteiger partial charge in [0.2, 0.25) is 0 Å². The van der Waals surface area contributed by atoms with Gasteiger partial charge in [-0.1, -0.05) is 13.8 Å². The van der Waals surface area contributed by atoms with Gasteiger partial charge in [-0.2, -0.15) is 0 Å². The first-order chi connectivity index (χ1) is 11.4. The molecule has 1 heterocycles. The van der Waals surface area contributed by atoms with E-state index < -0.39 is 12.0 Å². The molecule has 0 saturated heterocycles. The lowest BCUT2D eigenvalue weighted by atomic mass is 9.76. The molecular formula is C18H23N3O3. The number of nitrogens with zero attached hydrogens (tertiary/aromatic N) is 1. The van der Waals surface area contributed by atoms with E-state index in [0.29, 0.717) is 6.54 Å². The van der Waals surface area contributed by atoms with Crippen LogP contribution in [0.1, 0.15) is 26.7 Å². The summed E-state index contributed by atoms with van der Waals surface area (Å²) in [6.07, 6.45) is 1.64. The summed E-state index contributed by atoms with van der Waals surface area (Å²) >= 11 is 0. The number of benzene rings is 1. The van der Waals surface area contributed by atoms with Crippen molar-refractivity contribution in [1.29, 1.82) is 0 Å². The molecule has 1 unspecified atom stereocenters. The highest BCUT2D eigenvalue weighted by molar-refractivity contribution is 6.04. The quantitative estimate of drug-likeness (QED) is 0.791. The van der Waals surface area contributed by atoms with Crippen LogP contribution in [0.2, 0.25) is 0 Å². The van der Waals surface area contributed by atoms with Gasteiger partial charge >= 0.3 is 5.97 Å². The number of fused-ring (bicyclic) bond motifs is 1. The molecule has 0 saturated carbocycles. The van der Waals surface area contributed by atoms with Crippen molar-refractivity contribution in [3.63, 3.8) is 0 Å². The third-order valence-corrected chi connectivity index (χ3v) is 4.35. The number of methoxy groups -OCH3 is 1. The van der Waals surface area contributed by atoms with Crippen molar-refractivity contribution in [2.75, 3.05) is 19.0 Å². The van der Waals surface area contributed by atoms with Crippen LogP contribution in [0, 0.1) is 5.41 Å². The Kier molecular flexibility index (Phi) is 4.22. The number of hydrogen-bond donors (Lipinski definition) is 3. The summed E-state index contributed by atoms with van der Waals surface area (Å²) in [6.45, 7) is 4.67. The van der Waals surface area contributed by atoms with Crippen molar-refractivity contribution < 1.29 is 14.6 Å². The van der Waals surface area contributed by atoms with Gasteiger partial charge in [0.1, 0.15) is 5.75 Å². The molecule has 2 aliphatic rings. The van der Waals surface area contributed by atoms with E-state index in [0.717, 1.165) is 41.4 Å². The van der Waals surface area contributed by atoms with Crippen molar-refractivity contribution in [3.8, 4) is 5.75 Å². The second kappa shape index (κ2) is 6.19. The van der Waals surface area contributed by atoms with E-state index in [9.17, 15) is 9.90 Å². The molecule has 6 nitrogen and oxygen atoms in total. The first-order valence-electron chi connectivity index (χ1n) is 8.06. The van der Waals surface area contributed by atoms with Gasteiger partial charge in [0, 0.05) is 17.9 Å². The molecule has 0 aromatic heterocycles. The van der Waals surface area contributed by atoms with Crippen LogP contribution in [0.5, 0.6) is 5.75 Å². The van der Waals surface area contributed by atoms with E-state index in [1.54, 1.807) is 7.11 Å². The Morgan fingerprint density at radius 1 is 1.33 bits per heavy atom. The molecule has 0 bridgehead atoms. The first-order valence-corrected chi connectivity index (χ1v) is 8.06. The minimum Gasteiger partial charge on any atom is -0.497 e. The lowest BCUT2D eigenvalue weighted by Gasteiger charge is -2.37. The molecule has 1 aromatic rings. The summed E-state index contributed by atoms with van der Waals surface area (Å²) in [7, 11) is 1.64. The fraction of sp³-hybridized carbons (Fsp3) is 0.444. The Hall–Kier alpha value is -2.50. The Labute approximate surface area is 141 Å². The zero-order valence-corrected chi connectivity index (χ0v) is 14.2. The maximum absolute atomic E-state index is 11.2. The Morgan fingerprint density at radius 3 is 2.67 bits per heavy atom. The molecule has 3 N–H and O–H groups in total. The van der Waals surface area contributed by atoms with Gasteiger partial charge in [0.05, 0.1) is 18.5 Å². The number of ether oxygens (including phenoxy) is 1. The predicted octanol–water partition coefficient (Wildman–Crippen LogP) is 2.64. The average Bonchev–Trinajstić information content (AvgIpc) is 2.54. The van der Waals surface area contributed by atoms with E-state index in [1.807, 2.05) is 24.3 Å². The van der Waals surface area contributed by atoms with E-state index in [2.05, 4.69) is 29.5 Å². The van der Waals surface area contributed by atoms with E-state index in [-0.39, 0.29) is 5.41 Å². The van der Waals surface area contributed by atoms with Crippen LogP contribution in [0.4, 0.5) is 5.69 Å². The minimum atomic E-state index is -0.887. The van der Waals surface area contributed by atoms with Crippen LogP contribution in [0.25, 0.3) is 0 Å². The van der Waals surface area contributed by atoms with Gasteiger partial charge in [-0.15, -0.1) is 0 Å². The molecule has 0 spiro atoms. The van der Waals surface area contributed by atoms with Gasteiger partial charge < -0.3 is 20.5 Å². The molecule has 1 aliphatic heterocycles. The zero-order chi connectivity index (χ0) is 17.3. The molecule has 1 atom stereocenters. The molecule has 0 fully saturated rings. The molecule has 6 heteroatoms. The summed E-state index contributed by atoms with van der Waals surface area (Å²) in [5, 5.41) is 15.9. The third-order valence-electron chi connectivity index (χ3n) is 4.35. The highest BCUT2D eigenvalue weighted by atomic mass is 16.5. The van der Waals surface area contributed by atoms with Crippen molar-refractivity contribution in [2.45, 2.75) is 32.7 Å². The van der Waals surface area contributed by atoms with Gasteiger partial charge in [-0.3, -0.25) is 4.99 Å². The fourth-order valence-electron chi connectivity index (χ4n) is 3.19. The monoisotopic (exact) mass is 329 g/mol. The van der Waals surface area contributed by atoms with E-state index in [1.165, 1.54) is 0 Å². The number of aliphatic imine (C=N–C) groups is 1. The number of rotatable bonds is 4. The zero-order valence-electron chi connectivity index (χ0n) is 14.2. The molecule has 3 rings (SSSR count). The van der Waals surface area contributed by atoms with Crippen molar-refractivity contribution in [3.05, 3.63) is 35.7 Å². The number of carboxylic acid groups (broad SMARTS) is 1. The maximum atomic E-state index is 11.2. The number of hydrogen-bond acceptors (Lipinski definition) is 5. The smallest absolute Gasteiger partial charge is 0.330 e. The minimum absolute atomic E-state index is 0.0270. The van der Waals surface area contributed by atoms with Gasteiger partial charge in [-0.25, -0.2) is 4.79 Å². The highest BCUT2D eigenvalue weighted by Crippen LogP contribution is 2.38. The molecule has 128 valence electrons. The second-order valence-corrected chi connectivity index (χ2v) is 7.04. The van der Waals surface area contributed by atoms with Crippen LogP contribution < -0.4 is 15.4 Å². The van der Waals surface area contributed by atoms with Gasteiger partial charge in [0.25, 0.3) is 0 Å². The second-order valence-electron chi connectivity index (χ2n) is 7.04. The molecule has 1 aromatic carbocycles. The normalized spacial score (nSPS) is 22.1. The highest BCUT2D eigenvalue weighted by Gasteiger charge is 2.35. The average molecular weight is 329 g/mol. The number of aliphatic carboxylic acids is 1. The van der Waals surface area contributed by atoms with Crippen molar-refractivity contribution >= 4 is 17.4 Å². The van der Waals surface area contributed by atoms with Gasteiger partial charge in [0.15, 0.2) is 6.04 Å².